The smallest absolute Gasteiger partial charge is 0.118 e. The van der Waals surface area contributed by atoms with Crippen LogP contribution in [0.25, 0.3) is 0 Å². The fraction of sp³-hybridized carbons (Fsp3) is 0.333. The standard InChI is InChI=1S/C18H22O3/c1-14(19)18(12-15-6-4-3-5-7-15)21-13-16-8-10-17(20-2)11-9-16/h3-11,14,18-19H,12-13H2,1-2H3. The Morgan fingerprint density at radius 2 is 1.62 bits per heavy atom. The Morgan fingerprint density at radius 3 is 2.19 bits per heavy atom. The first-order valence-electron chi connectivity index (χ1n) is 7.15. The summed E-state index contributed by atoms with van der Waals surface area (Å²) in [5, 5.41) is 9.89. The van der Waals surface area contributed by atoms with Crippen LogP contribution in [-0.2, 0) is 17.8 Å². The van der Waals surface area contributed by atoms with E-state index >= 15 is 0 Å². The zero-order valence-corrected chi connectivity index (χ0v) is 12.5. The maximum atomic E-state index is 9.89. The summed E-state index contributed by atoms with van der Waals surface area (Å²) in [6.45, 7) is 2.24. The fourth-order valence-electron chi connectivity index (χ4n) is 2.14. The number of aliphatic hydroxyl groups excluding tert-OH is 1. The molecule has 2 rings (SSSR count). The second kappa shape index (κ2) is 7.81. The van der Waals surface area contributed by atoms with E-state index in [1.165, 1.54) is 0 Å². The number of aliphatic hydroxyl groups is 1. The molecule has 0 amide bonds. The van der Waals surface area contributed by atoms with Gasteiger partial charge in [-0.05, 0) is 30.2 Å². The predicted molar refractivity (Wildman–Crippen MR) is 83.4 cm³/mol. The number of hydrogen-bond donors (Lipinski definition) is 1. The van der Waals surface area contributed by atoms with Crippen LogP contribution in [0.15, 0.2) is 54.6 Å². The molecular formula is C18H22O3. The summed E-state index contributed by atoms with van der Waals surface area (Å²) < 4.78 is 11.0. The summed E-state index contributed by atoms with van der Waals surface area (Å²) in [7, 11) is 1.65. The van der Waals surface area contributed by atoms with Crippen LogP contribution in [0.4, 0.5) is 0 Å². The van der Waals surface area contributed by atoms with E-state index in [1.807, 2.05) is 54.6 Å². The molecule has 3 nitrogen and oxygen atoms in total. The summed E-state index contributed by atoms with van der Waals surface area (Å²) >= 11 is 0. The van der Waals surface area contributed by atoms with Crippen molar-refractivity contribution in [2.45, 2.75) is 32.2 Å². The largest absolute Gasteiger partial charge is 0.497 e. The molecule has 21 heavy (non-hydrogen) atoms. The Balaban J connectivity index is 1.93. The van der Waals surface area contributed by atoms with E-state index in [1.54, 1.807) is 14.0 Å². The summed E-state index contributed by atoms with van der Waals surface area (Å²) in [6, 6.07) is 17.8. The van der Waals surface area contributed by atoms with Crippen molar-refractivity contribution in [3.63, 3.8) is 0 Å². The van der Waals surface area contributed by atoms with E-state index < -0.39 is 6.10 Å². The van der Waals surface area contributed by atoms with Gasteiger partial charge in [0, 0.05) is 6.42 Å². The van der Waals surface area contributed by atoms with Gasteiger partial charge >= 0.3 is 0 Å². The first-order chi connectivity index (χ1) is 10.2. The molecule has 0 saturated carbocycles. The van der Waals surface area contributed by atoms with E-state index in [2.05, 4.69) is 0 Å². The van der Waals surface area contributed by atoms with Gasteiger partial charge in [-0.15, -0.1) is 0 Å². The highest BCUT2D eigenvalue weighted by Crippen LogP contribution is 2.15. The third-order valence-electron chi connectivity index (χ3n) is 3.44. The molecule has 2 atom stereocenters. The van der Waals surface area contributed by atoms with Crippen molar-refractivity contribution in [2.75, 3.05) is 7.11 Å². The molecule has 0 fully saturated rings. The van der Waals surface area contributed by atoms with Gasteiger partial charge in [0.25, 0.3) is 0 Å². The lowest BCUT2D eigenvalue weighted by Crippen LogP contribution is -2.28. The maximum Gasteiger partial charge on any atom is 0.118 e. The van der Waals surface area contributed by atoms with E-state index in [9.17, 15) is 5.11 Å². The van der Waals surface area contributed by atoms with Gasteiger partial charge in [-0.2, -0.15) is 0 Å². The Kier molecular flexibility index (Phi) is 5.78. The van der Waals surface area contributed by atoms with Crippen LogP contribution < -0.4 is 4.74 Å². The zero-order valence-electron chi connectivity index (χ0n) is 12.5. The highest BCUT2D eigenvalue weighted by molar-refractivity contribution is 5.26. The van der Waals surface area contributed by atoms with E-state index in [-0.39, 0.29) is 6.10 Å². The molecule has 0 heterocycles. The van der Waals surface area contributed by atoms with Crippen LogP contribution in [0.1, 0.15) is 18.1 Å². The topological polar surface area (TPSA) is 38.7 Å². The molecule has 2 aromatic rings. The van der Waals surface area contributed by atoms with Crippen LogP contribution in [0.2, 0.25) is 0 Å². The van der Waals surface area contributed by atoms with E-state index in [0.29, 0.717) is 13.0 Å². The minimum atomic E-state index is -0.511. The number of benzene rings is 2. The normalized spacial score (nSPS) is 13.7. The Morgan fingerprint density at radius 1 is 0.952 bits per heavy atom. The molecule has 2 unspecified atom stereocenters. The first kappa shape index (κ1) is 15.5. The van der Waals surface area contributed by atoms with Crippen LogP contribution in [0, 0.1) is 0 Å². The van der Waals surface area contributed by atoms with Gasteiger partial charge in [0.05, 0.1) is 25.9 Å². The van der Waals surface area contributed by atoms with Crippen molar-refractivity contribution < 1.29 is 14.6 Å². The Hall–Kier alpha value is -1.84. The van der Waals surface area contributed by atoms with Crippen LogP contribution in [0.3, 0.4) is 0 Å². The third kappa shape index (κ3) is 4.88. The highest BCUT2D eigenvalue weighted by Gasteiger charge is 2.16. The summed E-state index contributed by atoms with van der Waals surface area (Å²) in [6.07, 6.45) is -0.0211. The summed E-state index contributed by atoms with van der Waals surface area (Å²) in [5.74, 6) is 0.829. The number of hydrogen-bond acceptors (Lipinski definition) is 3. The van der Waals surface area contributed by atoms with Crippen molar-refractivity contribution >= 4 is 0 Å². The van der Waals surface area contributed by atoms with Gasteiger partial charge in [-0.3, -0.25) is 0 Å². The number of methoxy groups -OCH3 is 1. The van der Waals surface area contributed by atoms with Crippen LogP contribution in [-0.4, -0.2) is 24.4 Å². The summed E-state index contributed by atoms with van der Waals surface area (Å²) in [4.78, 5) is 0. The molecule has 112 valence electrons. The quantitative estimate of drug-likeness (QED) is 0.849. The molecule has 3 heteroatoms. The van der Waals surface area contributed by atoms with Gasteiger partial charge in [0.15, 0.2) is 0 Å². The molecular weight excluding hydrogens is 264 g/mol. The van der Waals surface area contributed by atoms with Gasteiger partial charge in [-0.25, -0.2) is 0 Å². The maximum absolute atomic E-state index is 9.89. The van der Waals surface area contributed by atoms with E-state index in [0.717, 1.165) is 16.9 Å². The summed E-state index contributed by atoms with van der Waals surface area (Å²) in [5.41, 5.74) is 2.23. The number of ether oxygens (including phenoxy) is 2. The SMILES string of the molecule is COc1ccc(COC(Cc2ccccc2)C(C)O)cc1. The Labute approximate surface area is 126 Å². The van der Waals surface area contributed by atoms with Crippen LogP contribution in [0.5, 0.6) is 5.75 Å². The lowest BCUT2D eigenvalue weighted by Gasteiger charge is -2.21. The molecule has 0 spiro atoms. The average molecular weight is 286 g/mol. The highest BCUT2D eigenvalue weighted by atomic mass is 16.5. The molecule has 2 aromatic carbocycles. The Bertz CT molecular complexity index is 520. The average Bonchev–Trinajstić information content (AvgIpc) is 2.52. The molecule has 1 N–H and O–H groups in total. The molecule has 0 aliphatic carbocycles. The van der Waals surface area contributed by atoms with Gasteiger partial charge in [-0.1, -0.05) is 42.5 Å². The number of rotatable bonds is 7. The van der Waals surface area contributed by atoms with Crippen LogP contribution >= 0.6 is 0 Å². The predicted octanol–water partition coefficient (Wildman–Crippen LogP) is 3.20. The minimum absolute atomic E-state index is 0.213. The van der Waals surface area contributed by atoms with E-state index in [4.69, 9.17) is 9.47 Å². The molecule has 0 bridgehead atoms. The molecule has 0 aliphatic heterocycles. The molecule has 0 aromatic heterocycles. The molecule has 0 saturated heterocycles. The third-order valence-corrected chi connectivity index (χ3v) is 3.44. The lowest BCUT2D eigenvalue weighted by molar-refractivity contribution is -0.0373. The van der Waals surface area contributed by atoms with Crippen molar-refractivity contribution in [2.24, 2.45) is 0 Å². The molecule has 0 radical (unpaired) electrons. The second-order valence-corrected chi connectivity index (χ2v) is 5.13. The monoisotopic (exact) mass is 286 g/mol. The second-order valence-electron chi connectivity index (χ2n) is 5.13. The van der Waals surface area contributed by atoms with Crippen molar-refractivity contribution in [3.8, 4) is 5.75 Å². The fourth-order valence-corrected chi connectivity index (χ4v) is 2.14. The van der Waals surface area contributed by atoms with Crippen molar-refractivity contribution in [1.29, 1.82) is 0 Å². The minimum Gasteiger partial charge on any atom is -0.497 e. The van der Waals surface area contributed by atoms with Crippen molar-refractivity contribution in [3.05, 3.63) is 65.7 Å². The van der Waals surface area contributed by atoms with Crippen molar-refractivity contribution in [1.82, 2.24) is 0 Å². The van der Waals surface area contributed by atoms with Gasteiger partial charge in [0.2, 0.25) is 0 Å². The van der Waals surface area contributed by atoms with Gasteiger partial charge in [0.1, 0.15) is 5.75 Å². The zero-order chi connectivity index (χ0) is 15.1. The molecule has 0 aliphatic rings. The van der Waals surface area contributed by atoms with Gasteiger partial charge < -0.3 is 14.6 Å². The lowest BCUT2D eigenvalue weighted by atomic mass is 10.0. The first-order valence-corrected chi connectivity index (χ1v) is 7.15.